The van der Waals surface area contributed by atoms with Crippen molar-refractivity contribution in [1.82, 2.24) is 24.3 Å². The molecule has 0 aromatic carbocycles. The van der Waals surface area contributed by atoms with Gasteiger partial charge in [0.2, 0.25) is 0 Å². The number of nitrogens with zero attached hydrogens (tertiary/aromatic N) is 5. The van der Waals surface area contributed by atoms with Crippen molar-refractivity contribution in [2.75, 3.05) is 13.1 Å². The molecule has 0 bridgehead atoms. The molecule has 0 unspecified atom stereocenters. The minimum Gasteiger partial charge on any atom is -0.337 e. The van der Waals surface area contributed by atoms with Gasteiger partial charge in [0.1, 0.15) is 5.69 Å². The molecule has 138 valence electrons. The highest BCUT2D eigenvalue weighted by Gasteiger charge is 2.44. The van der Waals surface area contributed by atoms with Crippen LogP contribution in [0.15, 0.2) is 48.2 Å². The summed E-state index contributed by atoms with van der Waals surface area (Å²) in [5.74, 6) is 0.107. The van der Waals surface area contributed by atoms with Crippen LogP contribution in [0, 0.1) is 6.92 Å². The van der Waals surface area contributed by atoms with Gasteiger partial charge in [0.05, 0.1) is 29.3 Å². The van der Waals surface area contributed by atoms with E-state index in [1.54, 1.807) is 17.5 Å². The van der Waals surface area contributed by atoms with Crippen LogP contribution in [0.25, 0.3) is 0 Å². The van der Waals surface area contributed by atoms with Crippen LogP contribution in [0.4, 0.5) is 0 Å². The summed E-state index contributed by atoms with van der Waals surface area (Å²) in [6.07, 6.45) is 5.77. The van der Waals surface area contributed by atoms with Crippen molar-refractivity contribution in [2.45, 2.75) is 32.1 Å². The summed E-state index contributed by atoms with van der Waals surface area (Å²) in [6.45, 7) is 5.24. The molecule has 1 fully saturated rings. The highest BCUT2D eigenvalue weighted by molar-refractivity contribution is 7.09. The SMILES string of the molecule is Cc1nc(CN2C(=O)c3cccn3[C@H]3CN(Cc4cccnc4)C[C@H]32)cs1. The minimum absolute atomic E-state index is 0.107. The first-order valence-electron chi connectivity index (χ1n) is 9.19. The molecule has 27 heavy (non-hydrogen) atoms. The second kappa shape index (κ2) is 6.58. The summed E-state index contributed by atoms with van der Waals surface area (Å²) in [4.78, 5) is 26.4. The Morgan fingerprint density at radius 2 is 2.07 bits per heavy atom. The zero-order chi connectivity index (χ0) is 18.4. The second-order valence-electron chi connectivity index (χ2n) is 7.28. The third kappa shape index (κ3) is 2.96. The van der Waals surface area contributed by atoms with Gasteiger partial charge in [-0.1, -0.05) is 6.07 Å². The zero-order valence-electron chi connectivity index (χ0n) is 15.2. The Bertz CT molecular complexity index is 966. The van der Waals surface area contributed by atoms with E-state index in [0.29, 0.717) is 6.54 Å². The topological polar surface area (TPSA) is 54.3 Å². The summed E-state index contributed by atoms with van der Waals surface area (Å²) < 4.78 is 2.17. The van der Waals surface area contributed by atoms with E-state index in [9.17, 15) is 4.79 Å². The summed E-state index contributed by atoms with van der Waals surface area (Å²) in [5, 5.41) is 3.10. The zero-order valence-corrected chi connectivity index (χ0v) is 16.0. The van der Waals surface area contributed by atoms with Crippen molar-refractivity contribution in [1.29, 1.82) is 0 Å². The molecule has 5 rings (SSSR count). The van der Waals surface area contributed by atoms with E-state index < -0.39 is 0 Å². The van der Waals surface area contributed by atoms with Gasteiger partial charge in [-0.2, -0.15) is 0 Å². The van der Waals surface area contributed by atoms with Gasteiger partial charge in [0.15, 0.2) is 0 Å². The number of rotatable bonds is 4. The lowest BCUT2D eigenvalue weighted by Gasteiger charge is -2.38. The Balaban J connectivity index is 1.43. The lowest BCUT2D eigenvalue weighted by atomic mass is 10.1. The number of likely N-dealkylation sites (tertiary alicyclic amines) is 1. The van der Waals surface area contributed by atoms with E-state index in [1.165, 1.54) is 5.56 Å². The number of fused-ring (bicyclic) bond motifs is 3. The molecule has 0 saturated carbocycles. The molecule has 5 heterocycles. The first kappa shape index (κ1) is 16.6. The third-order valence-electron chi connectivity index (χ3n) is 5.48. The van der Waals surface area contributed by atoms with Crippen molar-refractivity contribution < 1.29 is 4.79 Å². The Labute approximate surface area is 162 Å². The van der Waals surface area contributed by atoms with Crippen LogP contribution in [0.1, 0.15) is 32.8 Å². The average molecular weight is 379 g/mol. The Morgan fingerprint density at radius 1 is 1.19 bits per heavy atom. The van der Waals surface area contributed by atoms with Crippen LogP contribution < -0.4 is 0 Å². The van der Waals surface area contributed by atoms with E-state index in [-0.39, 0.29) is 18.0 Å². The average Bonchev–Trinajstić information content (AvgIpc) is 3.39. The molecule has 6 nitrogen and oxygen atoms in total. The fourth-order valence-corrected chi connectivity index (χ4v) is 4.92. The molecule has 3 aromatic heterocycles. The Kier molecular flexibility index (Phi) is 4.06. The molecule has 2 aliphatic heterocycles. The predicted molar refractivity (Wildman–Crippen MR) is 103 cm³/mol. The van der Waals surface area contributed by atoms with Crippen LogP contribution >= 0.6 is 11.3 Å². The van der Waals surface area contributed by atoms with Gasteiger partial charge in [-0.05, 0) is 30.7 Å². The summed E-state index contributed by atoms with van der Waals surface area (Å²) in [7, 11) is 0. The molecule has 1 amide bonds. The highest BCUT2D eigenvalue weighted by atomic mass is 32.1. The van der Waals surface area contributed by atoms with Crippen molar-refractivity contribution in [3.05, 3.63) is 70.2 Å². The van der Waals surface area contributed by atoms with E-state index in [4.69, 9.17) is 0 Å². The van der Waals surface area contributed by atoms with Crippen LogP contribution in [0.2, 0.25) is 0 Å². The number of carbonyl (C=O) groups excluding carboxylic acids is 1. The van der Waals surface area contributed by atoms with Gasteiger partial charge < -0.3 is 9.47 Å². The number of carbonyl (C=O) groups is 1. The molecule has 7 heteroatoms. The van der Waals surface area contributed by atoms with Crippen molar-refractivity contribution in [3.63, 3.8) is 0 Å². The standard InChI is InChI=1S/C20H21N5OS/c1-14-22-16(13-27-14)10-25-19-12-23(9-15-4-2-6-21-8-15)11-18(19)24-7-3-5-17(24)20(25)26/h2-8,13,18-19H,9-12H2,1H3/t18-,19+/m0/s1. The molecule has 0 N–H and O–H groups in total. The number of aryl methyl sites for hydroxylation is 1. The fourth-order valence-electron chi connectivity index (χ4n) is 4.31. The maximum absolute atomic E-state index is 13.1. The first-order chi connectivity index (χ1) is 13.2. The van der Waals surface area contributed by atoms with E-state index in [0.717, 1.165) is 36.0 Å². The van der Waals surface area contributed by atoms with Crippen molar-refractivity contribution in [3.8, 4) is 0 Å². The maximum Gasteiger partial charge on any atom is 0.271 e. The number of thiazole rings is 1. The third-order valence-corrected chi connectivity index (χ3v) is 6.30. The Hall–Kier alpha value is -2.51. The van der Waals surface area contributed by atoms with Gasteiger partial charge in [0.25, 0.3) is 5.91 Å². The lowest BCUT2D eigenvalue weighted by Crippen LogP contribution is -2.49. The van der Waals surface area contributed by atoms with Crippen LogP contribution in [0.5, 0.6) is 0 Å². The quantitative estimate of drug-likeness (QED) is 0.699. The van der Waals surface area contributed by atoms with E-state index >= 15 is 0 Å². The molecule has 3 aromatic rings. The predicted octanol–water partition coefficient (Wildman–Crippen LogP) is 2.73. The largest absolute Gasteiger partial charge is 0.337 e. The normalized spacial score (nSPS) is 22.1. The summed E-state index contributed by atoms with van der Waals surface area (Å²) in [6, 6.07) is 8.44. The molecular formula is C20H21N5OS. The fraction of sp³-hybridized carbons (Fsp3) is 0.350. The number of amides is 1. The molecular weight excluding hydrogens is 358 g/mol. The maximum atomic E-state index is 13.1. The van der Waals surface area contributed by atoms with E-state index in [2.05, 4.69) is 30.9 Å². The van der Waals surface area contributed by atoms with Crippen LogP contribution in [-0.4, -0.2) is 49.4 Å². The van der Waals surface area contributed by atoms with Crippen molar-refractivity contribution >= 4 is 17.2 Å². The minimum atomic E-state index is 0.107. The second-order valence-corrected chi connectivity index (χ2v) is 8.34. The van der Waals surface area contributed by atoms with Gasteiger partial charge in [-0.25, -0.2) is 4.98 Å². The number of hydrogen-bond donors (Lipinski definition) is 0. The van der Waals surface area contributed by atoms with Crippen molar-refractivity contribution in [2.24, 2.45) is 0 Å². The lowest BCUT2D eigenvalue weighted by molar-refractivity contribution is 0.0553. The molecule has 0 aliphatic carbocycles. The number of aromatic nitrogens is 3. The molecule has 0 radical (unpaired) electrons. The van der Waals surface area contributed by atoms with Gasteiger partial charge in [-0.3, -0.25) is 14.7 Å². The molecule has 2 aliphatic rings. The molecule has 1 saturated heterocycles. The smallest absolute Gasteiger partial charge is 0.271 e. The summed E-state index contributed by atoms with van der Waals surface area (Å²) >= 11 is 1.64. The van der Waals surface area contributed by atoms with Gasteiger partial charge >= 0.3 is 0 Å². The van der Waals surface area contributed by atoms with Crippen LogP contribution in [0.3, 0.4) is 0 Å². The number of pyridine rings is 1. The van der Waals surface area contributed by atoms with E-state index in [1.807, 2.05) is 42.4 Å². The van der Waals surface area contributed by atoms with Crippen LogP contribution in [-0.2, 0) is 13.1 Å². The molecule has 0 spiro atoms. The van der Waals surface area contributed by atoms with Gasteiger partial charge in [-0.15, -0.1) is 11.3 Å². The summed E-state index contributed by atoms with van der Waals surface area (Å²) in [5.41, 5.74) is 2.97. The molecule has 2 atom stereocenters. The Morgan fingerprint density at radius 3 is 2.85 bits per heavy atom. The van der Waals surface area contributed by atoms with Gasteiger partial charge in [0, 0.05) is 43.6 Å². The highest BCUT2D eigenvalue weighted by Crippen LogP contribution is 2.35. The first-order valence-corrected chi connectivity index (χ1v) is 10.1. The number of hydrogen-bond acceptors (Lipinski definition) is 5. The monoisotopic (exact) mass is 379 g/mol.